The summed E-state index contributed by atoms with van der Waals surface area (Å²) in [7, 11) is 0. The summed E-state index contributed by atoms with van der Waals surface area (Å²) in [6.07, 6.45) is 17.9. The van der Waals surface area contributed by atoms with E-state index in [1.54, 1.807) is 43.2 Å². The predicted molar refractivity (Wildman–Crippen MR) is 104 cm³/mol. The van der Waals surface area contributed by atoms with Gasteiger partial charge in [0.1, 0.15) is 0 Å². The maximum atomic E-state index is 2.36. The van der Waals surface area contributed by atoms with E-state index >= 15 is 0 Å². The SMILES string of the molecule is CCCC[CH2][SbH]([CH2]CCCC)([CH2]CCCC)[CH2]CCCC. The van der Waals surface area contributed by atoms with Crippen LogP contribution in [0.25, 0.3) is 0 Å². The van der Waals surface area contributed by atoms with Gasteiger partial charge in [-0.05, 0) is 0 Å². The van der Waals surface area contributed by atoms with Gasteiger partial charge in [-0.2, -0.15) is 0 Å². The van der Waals surface area contributed by atoms with Crippen LogP contribution in [0.2, 0.25) is 17.5 Å². The Hall–Kier alpha value is 0.818. The Bertz CT molecular complexity index is 155. The zero-order valence-corrected chi connectivity index (χ0v) is 18.7. The van der Waals surface area contributed by atoms with Crippen molar-refractivity contribution in [3.63, 3.8) is 0 Å². The molecule has 0 amide bonds. The van der Waals surface area contributed by atoms with Crippen LogP contribution in [-0.2, 0) is 0 Å². The third-order valence-corrected chi connectivity index (χ3v) is 21.4. The molecule has 0 N–H and O–H groups in total. The summed E-state index contributed by atoms with van der Waals surface area (Å²) in [6, 6.07) is 0. The van der Waals surface area contributed by atoms with Gasteiger partial charge in [0, 0.05) is 0 Å². The predicted octanol–water partition coefficient (Wildman–Crippen LogP) is 7.93. The zero-order chi connectivity index (χ0) is 15.8. The van der Waals surface area contributed by atoms with E-state index in [1.165, 1.54) is 51.4 Å². The van der Waals surface area contributed by atoms with E-state index in [9.17, 15) is 0 Å². The second-order valence-corrected chi connectivity index (χ2v) is 21.6. The van der Waals surface area contributed by atoms with Crippen LogP contribution in [-0.4, -0.2) is 18.8 Å². The molecule has 0 aromatic rings. The van der Waals surface area contributed by atoms with Crippen molar-refractivity contribution in [3.05, 3.63) is 0 Å². The van der Waals surface area contributed by atoms with Crippen molar-refractivity contribution in [1.82, 2.24) is 0 Å². The molecule has 1 heteroatoms. The molecule has 0 aliphatic carbocycles. The van der Waals surface area contributed by atoms with Crippen LogP contribution in [0.15, 0.2) is 0 Å². The third kappa shape index (κ3) is 12.0. The van der Waals surface area contributed by atoms with E-state index < -0.39 is 18.8 Å². The van der Waals surface area contributed by atoms with Gasteiger partial charge in [0.2, 0.25) is 0 Å². The Labute approximate surface area is 140 Å². The van der Waals surface area contributed by atoms with Gasteiger partial charge in [-0.1, -0.05) is 0 Å². The van der Waals surface area contributed by atoms with Gasteiger partial charge in [0.05, 0.1) is 0 Å². The van der Waals surface area contributed by atoms with Gasteiger partial charge < -0.3 is 0 Å². The van der Waals surface area contributed by atoms with Gasteiger partial charge in [0.15, 0.2) is 0 Å². The van der Waals surface area contributed by atoms with Crippen LogP contribution in [0.4, 0.5) is 0 Å². The number of hydrogen-bond donors (Lipinski definition) is 0. The topological polar surface area (TPSA) is 0 Å². The summed E-state index contributed by atoms with van der Waals surface area (Å²) in [5, 5.41) is 0. The van der Waals surface area contributed by atoms with Crippen molar-refractivity contribution in [2.24, 2.45) is 0 Å². The Morgan fingerprint density at radius 3 is 0.810 bits per heavy atom. The van der Waals surface area contributed by atoms with Gasteiger partial charge in [-0.15, -0.1) is 0 Å². The van der Waals surface area contributed by atoms with E-state index in [2.05, 4.69) is 27.7 Å². The first-order valence-corrected chi connectivity index (χ1v) is 18.3. The molecule has 0 aliphatic rings. The van der Waals surface area contributed by atoms with E-state index in [0.717, 1.165) is 0 Å². The first kappa shape index (κ1) is 21.8. The molecule has 0 aromatic heterocycles. The second-order valence-electron chi connectivity index (χ2n) is 7.33. The van der Waals surface area contributed by atoms with Crippen LogP contribution in [0, 0.1) is 0 Å². The third-order valence-electron chi connectivity index (χ3n) is 5.24. The molecular weight excluding hydrogens is 362 g/mol. The van der Waals surface area contributed by atoms with Crippen molar-refractivity contribution in [1.29, 1.82) is 0 Å². The fourth-order valence-electron chi connectivity index (χ4n) is 3.75. The zero-order valence-electron chi connectivity index (χ0n) is 15.8. The summed E-state index contributed by atoms with van der Waals surface area (Å²) in [5.41, 5.74) is 0. The number of hydrogen-bond acceptors (Lipinski definition) is 0. The van der Waals surface area contributed by atoms with Crippen LogP contribution in [0.3, 0.4) is 0 Å². The summed E-state index contributed by atoms with van der Waals surface area (Å²) in [4.78, 5) is 0. The first-order valence-electron chi connectivity index (χ1n) is 10.2. The van der Waals surface area contributed by atoms with Crippen molar-refractivity contribution in [2.75, 3.05) is 0 Å². The molecule has 0 rings (SSSR count). The molecule has 0 bridgehead atoms. The van der Waals surface area contributed by atoms with Crippen LogP contribution >= 0.6 is 0 Å². The molecule has 0 heterocycles. The average molecular weight is 407 g/mol. The number of rotatable bonds is 16. The van der Waals surface area contributed by atoms with Crippen molar-refractivity contribution < 1.29 is 0 Å². The Kier molecular flexibility index (Phi) is 16.3. The van der Waals surface area contributed by atoms with E-state index in [-0.39, 0.29) is 0 Å². The Morgan fingerprint density at radius 2 is 0.619 bits per heavy atom. The monoisotopic (exact) mass is 406 g/mol. The molecule has 0 radical (unpaired) electrons. The molecule has 0 fully saturated rings. The van der Waals surface area contributed by atoms with Crippen molar-refractivity contribution in [2.45, 2.75) is 122 Å². The summed E-state index contributed by atoms with van der Waals surface area (Å²) in [5.74, 6) is 0. The fourth-order valence-corrected chi connectivity index (χ4v) is 19.4. The first-order chi connectivity index (χ1) is 10.2. The van der Waals surface area contributed by atoms with Gasteiger partial charge in [-0.3, -0.25) is 0 Å². The van der Waals surface area contributed by atoms with Crippen LogP contribution in [0.5, 0.6) is 0 Å². The molecule has 21 heavy (non-hydrogen) atoms. The Balaban J connectivity index is 4.52. The summed E-state index contributed by atoms with van der Waals surface area (Å²) >= 11 is -1.79. The van der Waals surface area contributed by atoms with E-state index in [4.69, 9.17) is 0 Å². The quantitative estimate of drug-likeness (QED) is 0.180. The van der Waals surface area contributed by atoms with Crippen molar-refractivity contribution in [3.8, 4) is 0 Å². The second kappa shape index (κ2) is 15.7. The molecule has 0 unspecified atom stereocenters. The molecule has 0 spiro atoms. The summed E-state index contributed by atoms with van der Waals surface area (Å²) < 4.78 is 6.89. The molecule has 0 nitrogen and oxygen atoms in total. The molecule has 0 atom stereocenters. The van der Waals surface area contributed by atoms with Crippen molar-refractivity contribution >= 4 is 18.8 Å². The van der Waals surface area contributed by atoms with E-state index in [1.807, 2.05) is 0 Å². The fraction of sp³-hybridized carbons (Fsp3) is 1.00. The maximum absolute atomic E-state index is 2.36. The standard InChI is InChI=1S/4C5H11.Sb.H/c4*1-3-5-4-2;;/h4*1,3-5H2,2H3;;. The molecule has 0 saturated heterocycles. The molecule has 0 aromatic carbocycles. The van der Waals surface area contributed by atoms with E-state index in [0.29, 0.717) is 0 Å². The summed E-state index contributed by atoms with van der Waals surface area (Å²) in [6.45, 7) is 9.45. The number of unbranched alkanes of at least 4 members (excludes halogenated alkanes) is 8. The molecular formula is C20H45Sb. The van der Waals surface area contributed by atoms with Crippen LogP contribution < -0.4 is 0 Å². The van der Waals surface area contributed by atoms with Gasteiger partial charge in [0.25, 0.3) is 0 Å². The molecule has 0 aliphatic heterocycles. The minimum atomic E-state index is -1.79. The average Bonchev–Trinajstić information content (AvgIpc) is 2.48. The van der Waals surface area contributed by atoms with Gasteiger partial charge in [-0.25, -0.2) is 0 Å². The normalized spacial score (nSPS) is 12.8. The molecule has 130 valence electrons. The van der Waals surface area contributed by atoms with Crippen LogP contribution in [0.1, 0.15) is 105 Å². The minimum absolute atomic E-state index is 1.40. The van der Waals surface area contributed by atoms with Gasteiger partial charge >= 0.3 is 141 Å². The molecule has 0 saturated carbocycles. The Morgan fingerprint density at radius 1 is 0.381 bits per heavy atom.